The normalized spacial score (nSPS) is 15.2. The molecule has 7 heteroatoms. The Morgan fingerprint density at radius 1 is 1.08 bits per heavy atom. The maximum Gasteiger partial charge on any atom is 0.406 e. The van der Waals surface area contributed by atoms with Crippen LogP contribution in [0.4, 0.5) is 10.5 Å². The van der Waals surface area contributed by atoms with E-state index in [1.165, 1.54) is 5.69 Å². The molecular weight excluding hydrogens is 310 g/mol. The lowest BCUT2D eigenvalue weighted by molar-refractivity contribution is 0.127. The maximum atomic E-state index is 11.0. The Bertz CT molecular complexity index is 487. The van der Waals surface area contributed by atoms with Crippen molar-refractivity contribution in [2.75, 3.05) is 71.6 Å². The van der Waals surface area contributed by atoms with Gasteiger partial charge in [-0.25, -0.2) is 4.79 Å². The summed E-state index contributed by atoms with van der Waals surface area (Å²) in [6, 6.07) is 8.17. The summed E-state index contributed by atoms with van der Waals surface area (Å²) in [5, 5.41) is 2.45. The molecule has 134 valence electrons. The van der Waals surface area contributed by atoms with E-state index in [1.807, 2.05) is 12.1 Å². The summed E-state index contributed by atoms with van der Waals surface area (Å²) in [7, 11) is 3.23. The fourth-order valence-corrected chi connectivity index (χ4v) is 2.57. The number of carbonyl (C=O) groups is 1. The number of piperazine rings is 1. The third kappa shape index (κ3) is 5.90. The van der Waals surface area contributed by atoms with E-state index in [1.54, 1.807) is 14.2 Å². The molecule has 1 aliphatic heterocycles. The van der Waals surface area contributed by atoms with E-state index in [4.69, 9.17) is 14.2 Å². The molecular formula is C17H27N3O4. The molecule has 1 fully saturated rings. The van der Waals surface area contributed by atoms with Crippen molar-refractivity contribution in [2.45, 2.75) is 0 Å². The average Bonchev–Trinajstić information content (AvgIpc) is 2.63. The summed E-state index contributed by atoms with van der Waals surface area (Å²) in [6.07, 6.45) is -0.374. The Labute approximate surface area is 143 Å². The lowest BCUT2D eigenvalue weighted by Crippen LogP contribution is -2.47. The van der Waals surface area contributed by atoms with Crippen LogP contribution in [0.5, 0.6) is 5.75 Å². The van der Waals surface area contributed by atoms with Gasteiger partial charge in [0.05, 0.1) is 6.61 Å². The number of ether oxygens (including phenoxy) is 3. The topological polar surface area (TPSA) is 63.3 Å². The average molecular weight is 337 g/mol. The molecule has 2 rings (SSSR count). The maximum absolute atomic E-state index is 11.0. The Kier molecular flexibility index (Phi) is 7.64. The molecule has 0 saturated carbocycles. The van der Waals surface area contributed by atoms with E-state index in [9.17, 15) is 4.79 Å². The van der Waals surface area contributed by atoms with Gasteiger partial charge >= 0.3 is 6.09 Å². The van der Waals surface area contributed by atoms with Gasteiger partial charge in [0.1, 0.15) is 19.0 Å². The number of rotatable bonds is 8. The van der Waals surface area contributed by atoms with Crippen LogP contribution in [0.3, 0.4) is 0 Å². The molecule has 1 amide bonds. The summed E-state index contributed by atoms with van der Waals surface area (Å²) in [6.45, 7) is 6.20. The first-order valence-corrected chi connectivity index (χ1v) is 8.26. The van der Waals surface area contributed by atoms with E-state index in [-0.39, 0.29) is 6.09 Å². The minimum absolute atomic E-state index is 0.374. The summed E-state index contributed by atoms with van der Waals surface area (Å²) >= 11 is 0. The number of nitrogens with one attached hydrogen (secondary N) is 1. The van der Waals surface area contributed by atoms with Crippen LogP contribution in [0.1, 0.15) is 0 Å². The predicted molar refractivity (Wildman–Crippen MR) is 92.9 cm³/mol. The predicted octanol–water partition coefficient (Wildman–Crippen LogP) is 1.19. The van der Waals surface area contributed by atoms with Crippen molar-refractivity contribution in [1.82, 2.24) is 10.2 Å². The molecule has 7 nitrogen and oxygen atoms in total. The fourth-order valence-electron chi connectivity index (χ4n) is 2.57. The van der Waals surface area contributed by atoms with Gasteiger partial charge in [0.25, 0.3) is 0 Å². The molecule has 1 heterocycles. The van der Waals surface area contributed by atoms with Crippen molar-refractivity contribution in [3.63, 3.8) is 0 Å². The van der Waals surface area contributed by atoms with Gasteiger partial charge in [-0.15, -0.1) is 0 Å². The van der Waals surface area contributed by atoms with Crippen LogP contribution in [0.15, 0.2) is 24.3 Å². The van der Waals surface area contributed by atoms with Gasteiger partial charge in [0.2, 0.25) is 0 Å². The zero-order valence-electron chi connectivity index (χ0n) is 14.5. The third-order valence-electron chi connectivity index (χ3n) is 3.98. The van der Waals surface area contributed by atoms with E-state index in [0.29, 0.717) is 19.8 Å². The minimum atomic E-state index is -0.374. The SMILES string of the molecule is CNC(=O)OCCN1CCN(c2ccc(OCCOC)cc2)CC1. The van der Waals surface area contributed by atoms with Crippen molar-refractivity contribution >= 4 is 11.8 Å². The number of anilines is 1. The minimum Gasteiger partial charge on any atom is -0.491 e. The van der Waals surface area contributed by atoms with E-state index in [2.05, 4.69) is 27.2 Å². The van der Waals surface area contributed by atoms with Crippen LogP contribution in [0.25, 0.3) is 0 Å². The van der Waals surface area contributed by atoms with E-state index < -0.39 is 0 Å². The standard InChI is InChI=1S/C17H27N3O4/c1-18-17(21)24-12-11-19-7-9-20(10-8-19)15-3-5-16(6-4-15)23-14-13-22-2/h3-6H,7-14H2,1-2H3,(H,18,21). The molecule has 0 spiro atoms. The Balaban J connectivity index is 1.70. The number of hydrogen-bond acceptors (Lipinski definition) is 6. The highest BCUT2D eigenvalue weighted by Crippen LogP contribution is 2.20. The summed E-state index contributed by atoms with van der Waals surface area (Å²) < 4.78 is 15.6. The lowest BCUT2D eigenvalue weighted by atomic mass is 10.2. The summed E-state index contributed by atoms with van der Waals surface area (Å²) in [5.74, 6) is 0.862. The van der Waals surface area contributed by atoms with Crippen LogP contribution in [0.2, 0.25) is 0 Å². The number of carbonyl (C=O) groups excluding carboxylic acids is 1. The van der Waals surface area contributed by atoms with Crippen molar-refractivity contribution in [1.29, 1.82) is 0 Å². The van der Waals surface area contributed by atoms with Crippen molar-refractivity contribution < 1.29 is 19.0 Å². The Hall–Kier alpha value is -1.99. The molecule has 1 N–H and O–H groups in total. The highest BCUT2D eigenvalue weighted by Gasteiger charge is 2.17. The summed E-state index contributed by atoms with van der Waals surface area (Å²) in [4.78, 5) is 15.7. The molecule has 1 saturated heterocycles. The van der Waals surface area contributed by atoms with Crippen molar-refractivity contribution in [2.24, 2.45) is 0 Å². The largest absolute Gasteiger partial charge is 0.491 e. The van der Waals surface area contributed by atoms with Crippen molar-refractivity contribution in [3.8, 4) is 5.75 Å². The van der Waals surface area contributed by atoms with E-state index in [0.717, 1.165) is 38.5 Å². The molecule has 0 aliphatic carbocycles. The number of nitrogens with zero attached hydrogens (tertiary/aromatic N) is 2. The smallest absolute Gasteiger partial charge is 0.406 e. The summed E-state index contributed by atoms with van der Waals surface area (Å²) in [5.41, 5.74) is 1.20. The zero-order valence-corrected chi connectivity index (χ0v) is 14.5. The van der Waals surface area contributed by atoms with Gasteiger partial charge < -0.3 is 24.4 Å². The van der Waals surface area contributed by atoms with Crippen LogP contribution >= 0.6 is 0 Å². The second kappa shape index (κ2) is 10.00. The van der Waals surface area contributed by atoms with Gasteiger partial charge in [0.15, 0.2) is 0 Å². The van der Waals surface area contributed by atoms with Gasteiger partial charge in [-0.2, -0.15) is 0 Å². The fraction of sp³-hybridized carbons (Fsp3) is 0.588. The molecule has 1 aromatic rings. The van der Waals surface area contributed by atoms with Crippen molar-refractivity contribution in [3.05, 3.63) is 24.3 Å². The van der Waals surface area contributed by atoms with Gasteiger partial charge in [-0.3, -0.25) is 4.90 Å². The highest BCUT2D eigenvalue weighted by molar-refractivity contribution is 5.66. The molecule has 24 heavy (non-hydrogen) atoms. The number of hydrogen-bond donors (Lipinski definition) is 1. The molecule has 0 radical (unpaired) electrons. The second-order valence-electron chi connectivity index (χ2n) is 5.55. The van der Waals surface area contributed by atoms with E-state index >= 15 is 0 Å². The second-order valence-corrected chi connectivity index (χ2v) is 5.55. The van der Waals surface area contributed by atoms with Crippen LogP contribution in [-0.2, 0) is 9.47 Å². The number of alkyl carbamates (subject to hydrolysis) is 1. The molecule has 1 aliphatic rings. The molecule has 0 aromatic heterocycles. The molecule has 0 bridgehead atoms. The number of benzene rings is 1. The molecule has 0 unspecified atom stereocenters. The Morgan fingerprint density at radius 3 is 2.42 bits per heavy atom. The van der Waals surface area contributed by atoms with Crippen LogP contribution in [-0.4, -0.2) is 77.7 Å². The first-order valence-electron chi connectivity index (χ1n) is 8.26. The van der Waals surface area contributed by atoms with Crippen LogP contribution < -0.4 is 15.0 Å². The first kappa shape index (κ1) is 18.4. The lowest BCUT2D eigenvalue weighted by Gasteiger charge is -2.36. The van der Waals surface area contributed by atoms with Crippen LogP contribution in [0, 0.1) is 0 Å². The molecule has 1 aromatic carbocycles. The monoisotopic (exact) mass is 337 g/mol. The van der Waals surface area contributed by atoms with Gasteiger partial charge in [-0.1, -0.05) is 0 Å². The zero-order chi connectivity index (χ0) is 17.2. The third-order valence-corrected chi connectivity index (χ3v) is 3.98. The van der Waals surface area contributed by atoms with Gasteiger partial charge in [-0.05, 0) is 24.3 Å². The number of amides is 1. The van der Waals surface area contributed by atoms with Gasteiger partial charge in [0, 0.05) is 52.6 Å². The quantitative estimate of drug-likeness (QED) is 0.719. The first-order chi connectivity index (χ1) is 11.7. The Morgan fingerprint density at radius 2 is 1.79 bits per heavy atom. The number of methoxy groups -OCH3 is 1. The highest BCUT2D eigenvalue weighted by atomic mass is 16.5. The molecule has 0 atom stereocenters.